The second kappa shape index (κ2) is 3.94. The Hall–Kier alpha value is -1.29. The molecule has 2 heterocycles. The SMILES string of the molecule is BrCc1cc(-c2ccc3c(c2)CCO3)no1. The van der Waals surface area contributed by atoms with Crippen LogP contribution in [-0.2, 0) is 11.8 Å². The van der Waals surface area contributed by atoms with Crippen molar-refractivity contribution in [2.75, 3.05) is 6.61 Å². The summed E-state index contributed by atoms with van der Waals surface area (Å²) in [4.78, 5) is 0. The molecule has 1 aliphatic rings. The molecule has 0 N–H and O–H groups in total. The fourth-order valence-corrected chi connectivity index (χ4v) is 2.12. The summed E-state index contributed by atoms with van der Waals surface area (Å²) in [5.41, 5.74) is 3.21. The number of alkyl halides is 1. The fraction of sp³-hybridized carbons (Fsp3) is 0.250. The van der Waals surface area contributed by atoms with Crippen molar-refractivity contribution in [3.63, 3.8) is 0 Å². The van der Waals surface area contributed by atoms with E-state index in [1.165, 1.54) is 5.56 Å². The summed E-state index contributed by atoms with van der Waals surface area (Å²) in [6.07, 6.45) is 0.978. The van der Waals surface area contributed by atoms with Gasteiger partial charge in [-0.15, -0.1) is 0 Å². The minimum Gasteiger partial charge on any atom is -0.493 e. The van der Waals surface area contributed by atoms with E-state index in [9.17, 15) is 0 Å². The number of rotatable bonds is 2. The van der Waals surface area contributed by atoms with E-state index in [-0.39, 0.29) is 0 Å². The predicted molar refractivity (Wildman–Crippen MR) is 63.8 cm³/mol. The third-order valence-corrected chi connectivity index (χ3v) is 3.23. The molecule has 1 aromatic carbocycles. The average molecular weight is 280 g/mol. The van der Waals surface area contributed by atoms with Crippen LogP contribution in [0.15, 0.2) is 28.8 Å². The molecule has 3 nitrogen and oxygen atoms in total. The predicted octanol–water partition coefficient (Wildman–Crippen LogP) is 3.17. The number of hydrogen-bond donors (Lipinski definition) is 0. The first-order chi connectivity index (χ1) is 7.86. The van der Waals surface area contributed by atoms with E-state index in [0.717, 1.165) is 35.8 Å². The van der Waals surface area contributed by atoms with Crippen LogP contribution in [0.3, 0.4) is 0 Å². The summed E-state index contributed by atoms with van der Waals surface area (Å²) in [7, 11) is 0. The van der Waals surface area contributed by atoms with Crippen LogP contribution in [0.5, 0.6) is 5.75 Å². The van der Waals surface area contributed by atoms with Gasteiger partial charge in [0.25, 0.3) is 0 Å². The number of nitrogens with zero attached hydrogens (tertiary/aromatic N) is 1. The van der Waals surface area contributed by atoms with E-state index in [4.69, 9.17) is 9.26 Å². The Morgan fingerprint density at radius 3 is 3.06 bits per heavy atom. The normalized spacial score (nSPS) is 13.6. The number of hydrogen-bond acceptors (Lipinski definition) is 3. The molecule has 0 unspecified atom stereocenters. The second-order valence-electron chi connectivity index (χ2n) is 3.73. The standard InChI is InChI=1S/C12H10BrNO2/c13-7-10-6-11(14-16-10)8-1-2-12-9(5-8)3-4-15-12/h1-2,5-6H,3-4,7H2. The van der Waals surface area contributed by atoms with E-state index < -0.39 is 0 Å². The number of halogens is 1. The molecule has 82 valence electrons. The van der Waals surface area contributed by atoms with E-state index >= 15 is 0 Å². The highest BCUT2D eigenvalue weighted by atomic mass is 79.9. The molecule has 0 saturated heterocycles. The van der Waals surface area contributed by atoms with Crippen molar-refractivity contribution in [1.82, 2.24) is 5.16 Å². The molecule has 0 bridgehead atoms. The Morgan fingerprint density at radius 1 is 1.31 bits per heavy atom. The molecule has 3 rings (SSSR count). The highest BCUT2D eigenvalue weighted by Gasteiger charge is 2.14. The molecule has 0 spiro atoms. The van der Waals surface area contributed by atoms with Crippen molar-refractivity contribution >= 4 is 15.9 Å². The van der Waals surface area contributed by atoms with Gasteiger partial charge in [0.05, 0.1) is 11.9 Å². The zero-order valence-corrected chi connectivity index (χ0v) is 10.2. The molecule has 0 fully saturated rings. The lowest BCUT2D eigenvalue weighted by Gasteiger charge is -2.00. The van der Waals surface area contributed by atoms with Gasteiger partial charge in [-0.1, -0.05) is 21.1 Å². The largest absolute Gasteiger partial charge is 0.493 e. The number of fused-ring (bicyclic) bond motifs is 1. The van der Waals surface area contributed by atoms with E-state index in [1.807, 2.05) is 18.2 Å². The van der Waals surface area contributed by atoms with Crippen LogP contribution in [0.25, 0.3) is 11.3 Å². The molecule has 4 heteroatoms. The molecule has 0 radical (unpaired) electrons. The Balaban J connectivity index is 2.00. The van der Waals surface area contributed by atoms with Gasteiger partial charge in [-0.2, -0.15) is 0 Å². The van der Waals surface area contributed by atoms with Crippen LogP contribution >= 0.6 is 15.9 Å². The van der Waals surface area contributed by atoms with Gasteiger partial charge in [0, 0.05) is 18.1 Å². The van der Waals surface area contributed by atoms with Crippen molar-refractivity contribution in [1.29, 1.82) is 0 Å². The van der Waals surface area contributed by atoms with Crippen LogP contribution in [0.4, 0.5) is 0 Å². The van der Waals surface area contributed by atoms with Gasteiger partial charge in [0.15, 0.2) is 0 Å². The summed E-state index contributed by atoms with van der Waals surface area (Å²) >= 11 is 3.34. The molecular formula is C12H10BrNO2. The monoisotopic (exact) mass is 279 g/mol. The highest BCUT2D eigenvalue weighted by molar-refractivity contribution is 9.08. The summed E-state index contributed by atoms with van der Waals surface area (Å²) in [6.45, 7) is 0.782. The Bertz CT molecular complexity index is 521. The first-order valence-electron chi connectivity index (χ1n) is 5.14. The van der Waals surface area contributed by atoms with Gasteiger partial charge in [-0.25, -0.2) is 0 Å². The minimum absolute atomic E-state index is 0.689. The van der Waals surface area contributed by atoms with Crippen LogP contribution < -0.4 is 4.74 Å². The molecule has 0 aliphatic carbocycles. The lowest BCUT2D eigenvalue weighted by molar-refractivity contribution is 0.357. The van der Waals surface area contributed by atoms with Crippen LogP contribution in [0.2, 0.25) is 0 Å². The summed E-state index contributed by atoms with van der Waals surface area (Å²) in [5, 5.41) is 4.73. The first kappa shape index (κ1) is 9.90. The van der Waals surface area contributed by atoms with Crippen molar-refractivity contribution in [2.24, 2.45) is 0 Å². The third-order valence-electron chi connectivity index (χ3n) is 2.68. The molecule has 1 aliphatic heterocycles. The topological polar surface area (TPSA) is 35.3 Å². The summed E-state index contributed by atoms with van der Waals surface area (Å²) in [5.74, 6) is 1.83. The van der Waals surface area contributed by atoms with Crippen molar-refractivity contribution < 1.29 is 9.26 Å². The number of aromatic nitrogens is 1. The quantitative estimate of drug-likeness (QED) is 0.792. The maximum Gasteiger partial charge on any atom is 0.147 e. The van der Waals surface area contributed by atoms with Gasteiger partial charge in [0.2, 0.25) is 0 Å². The van der Waals surface area contributed by atoms with Gasteiger partial charge in [0.1, 0.15) is 17.2 Å². The Kier molecular flexibility index (Phi) is 2.44. The van der Waals surface area contributed by atoms with E-state index in [2.05, 4.69) is 27.2 Å². The number of ether oxygens (including phenoxy) is 1. The lowest BCUT2D eigenvalue weighted by atomic mass is 10.1. The molecule has 0 amide bonds. The molecule has 1 aromatic heterocycles. The summed E-state index contributed by atoms with van der Waals surface area (Å²) in [6, 6.07) is 8.09. The maximum atomic E-state index is 5.46. The molecule has 0 atom stereocenters. The maximum absolute atomic E-state index is 5.46. The molecular weight excluding hydrogens is 270 g/mol. The van der Waals surface area contributed by atoms with Gasteiger partial charge < -0.3 is 9.26 Å². The third kappa shape index (κ3) is 1.63. The molecule has 0 saturated carbocycles. The second-order valence-corrected chi connectivity index (χ2v) is 4.29. The Morgan fingerprint density at radius 2 is 2.25 bits per heavy atom. The van der Waals surface area contributed by atoms with Crippen LogP contribution in [0.1, 0.15) is 11.3 Å². The van der Waals surface area contributed by atoms with Gasteiger partial charge >= 0.3 is 0 Å². The van der Waals surface area contributed by atoms with E-state index in [0.29, 0.717) is 5.33 Å². The van der Waals surface area contributed by atoms with Crippen molar-refractivity contribution in [3.8, 4) is 17.0 Å². The smallest absolute Gasteiger partial charge is 0.147 e. The zero-order chi connectivity index (χ0) is 11.0. The van der Waals surface area contributed by atoms with Crippen LogP contribution in [0, 0.1) is 0 Å². The lowest BCUT2D eigenvalue weighted by Crippen LogP contribution is -1.85. The van der Waals surface area contributed by atoms with Crippen molar-refractivity contribution in [3.05, 3.63) is 35.6 Å². The zero-order valence-electron chi connectivity index (χ0n) is 8.57. The fourth-order valence-electron chi connectivity index (χ4n) is 1.86. The Labute approximate surface area is 102 Å². The van der Waals surface area contributed by atoms with E-state index in [1.54, 1.807) is 0 Å². The molecule has 16 heavy (non-hydrogen) atoms. The highest BCUT2D eigenvalue weighted by Crippen LogP contribution is 2.30. The first-order valence-corrected chi connectivity index (χ1v) is 6.26. The van der Waals surface area contributed by atoms with Gasteiger partial charge in [-0.05, 0) is 23.8 Å². The minimum atomic E-state index is 0.689. The van der Waals surface area contributed by atoms with Gasteiger partial charge in [-0.3, -0.25) is 0 Å². The average Bonchev–Trinajstić information content (AvgIpc) is 2.96. The number of benzene rings is 1. The van der Waals surface area contributed by atoms with Crippen molar-refractivity contribution in [2.45, 2.75) is 11.8 Å². The summed E-state index contributed by atoms with van der Waals surface area (Å²) < 4.78 is 10.6. The molecule has 2 aromatic rings. The van der Waals surface area contributed by atoms with Crippen LogP contribution in [-0.4, -0.2) is 11.8 Å².